The quantitative estimate of drug-likeness (QED) is 0.606. The van der Waals surface area contributed by atoms with E-state index in [-0.39, 0.29) is 23.0 Å². The minimum absolute atomic E-state index is 0.0303. The summed E-state index contributed by atoms with van der Waals surface area (Å²) in [5, 5.41) is 20.5. The lowest BCUT2D eigenvalue weighted by atomic mass is 9.48. The molecule has 0 radical (unpaired) electrons. The molecule has 0 saturated heterocycles. The highest BCUT2D eigenvalue weighted by atomic mass is 16.3. The van der Waals surface area contributed by atoms with E-state index < -0.39 is 0 Å². The average molecular weight is 417 g/mol. The summed E-state index contributed by atoms with van der Waals surface area (Å²) in [4.78, 5) is 13.4. The average Bonchev–Trinajstić information content (AvgIpc) is 2.97. The topological polar surface area (TPSA) is 57.5 Å². The predicted molar refractivity (Wildman–Crippen MR) is 121 cm³/mol. The number of fused-ring (bicyclic) bond motifs is 4. The van der Waals surface area contributed by atoms with E-state index in [4.69, 9.17) is 0 Å². The number of allylic oxidation sites excluding steroid dienone is 2. The standard InChI is InChI=1S/C27H44O3/c1-16(2)23(29)9-6-17(3)22-15-24(30)25-20-8-7-18-14-19(28)10-12-26(18,4)21(20)11-13-27(22,25)5/h16-19,21-23,28-29H,6-15H2,1-5H3. The Morgan fingerprint density at radius 1 is 1.07 bits per heavy atom. The Kier molecular flexibility index (Phi) is 6.03. The summed E-state index contributed by atoms with van der Waals surface area (Å²) >= 11 is 0. The van der Waals surface area contributed by atoms with Crippen LogP contribution >= 0.6 is 0 Å². The van der Waals surface area contributed by atoms with E-state index in [1.165, 1.54) is 17.6 Å². The molecule has 0 heterocycles. The molecule has 4 aliphatic carbocycles. The van der Waals surface area contributed by atoms with E-state index in [1.54, 1.807) is 0 Å². The lowest BCUT2D eigenvalue weighted by Crippen LogP contribution is -2.48. The predicted octanol–water partition coefficient (Wildman–Crippen LogP) is 5.68. The van der Waals surface area contributed by atoms with Crippen LogP contribution in [-0.2, 0) is 4.79 Å². The molecule has 0 spiro atoms. The van der Waals surface area contributed by atoms with Crippen molar-refractivity contribution in [3.05, 3.63) is 11.1 Å². The highest BCUT2D eigenvalue weighted by Gasteiger charge is 2.58. The van der Waals surface area contributed by atoms with Crippen LogP contribution in [0.2, 0.25) is 0 Å². The highest BCUT2D eigenvalue weighted by molar-refractivity contribution is 6.00. The van der Waals surface area contributed by atoms with Crippen LogP contribution in [0.25, 0.3) is 0 Å². The van der Waals surface area contributed by atoms with Crippen molar-refractivity contribution in [3.8, 4) is 0 Å². The van der Waals surface area contributed by atoms with Gasteiger partial charge in [0.05, 0.1) is 12.2 Å². The van der Waals surface area contributed by atoms with Crippen LogP contribution in [0.15, 0.2) is 11.1 Å². The summed E-state index contributed by atoms with van der Waals surface area (Å²) in [5.41, 5.74) is 3.04. The van der Waals surface area contributed by atoms with Gasteiger partial charge in [0.1, 0.15) is 0 Å². The Hall–Kier alpha value is -0.670. The van der Waals surface area contributed by atoms with Gasteiger partial charge in [-0.1, -0.05) is 40.2 Å². The number of Topliss-reactive ketones (excluding diaryl/α,β-unsaturated/α-hetero) is 1. The van der Waals surface area contributed by atoms with Gasteiger partial charge in [-0.25, -0.2) is 0 Å². The van der Waals surface area contributed by atoms with Crippen LogP contribution in [0.3, 0.4) is 0 Å². The van der Waals surface area contributed by atoms with E-state index in [2.05, 4.69) is 34.6 Å². The zero-order valence-electron chi connectivity index (χ0n) is 19.9. The molecule has 30 heavy (non-hydrogen) atoms. The van der Waals surface area contributed by atoms with Gasteiger partial charge in [-0.2, -0.15) is 0 Å². The Labute approximate surface area is 183 Å². The zero-order valence-corrected chi connectivity index (χ0v) is 19.9. The fourth-order valence-electron chi connectivity index (χ4n) is 8.14. The van der Waals surface area contributed by atoms with E-state index in [1.807, 2.05) is 0 Å². The molecular weight excluding hydrogens is 372 g/mol. The number of carbonyl (C=O) groups is 1. The summed E-state index contributed by atoms with van der Waals surface area (Å²) < 4.78 is 0. The maximum atomic E-state index is 13.4. The van der Waals surface area contributed by atoms with Crippen molar-refractivity contribution in [2.24, 2.45) is 40.4 Å². The third kappa shape index (κ3) is 3.52. The third-order valence-corrected chi connectivity index (χ3v) is 10.2. The molecule has 0 aromatic rings. The Morgan fingerprint density at radius 3 is 2.50 bits per heavy atom. The molecule has 3 fully saturated rings. The van der Waals surface area contributed by atoms with E-state index in [0.717, 1.165) is 51.4 Å². The van der Waals surface area contributed by atoms with Crippen LogP contribution in [0.5, 0.6) is 0 Å². The SMILES string of the molecule is CC(C)C(O)CCC(C)C1CC(=O)C2=C3CCC4CC(O)CCC4(C)C3CCC21C. The fraction of sp³-hybridized carbons (Fsp3) is 0.889. The molecule has 0 aliphatic heterocycles. The summed E-state index contributed by atoms with van der Waals surface area (Å²) in [5.74, 6) is 2.79. The lowest BCUT2D eigenvalue weighted by Gasteiger charge is -2.56. The fourth-order valence-corrected chi connectivity index (χ4v) is 8.14. The van der Waals surface area contributed by atoms with Crippen molar-refractivity contribution in [1.29, 1.82) is 0 Å². The first-order chi connectivity index (χ1) is 14.1. The van der Waals surface area contributed by atoms with Gasteiger partial charge in [-0.3, -0.25) is 4.79 Å². The second kappa shape index (κ2) is 8.03. The van der Waals surface area contributed by atoms with Gasteiger partial charge in [0, 0.05) is 12.0 Å². The van der Waals surface area contributed by atoms with Crippen LogP contribution in [0.4, 0.5) is 0 Å². The largest absolute Gasteiger partial charge is 0.393 e. The van der Waals surface area contributed by atoms with Gasteiger partial charge in [0.25, 0.3) is 0 Å². The van der Waals surface area contributed by atoms with Crippen molar-refractivity contribution in [1.82, 2.24) is 0 Å². The number of carbonyl (C=O) groups excluding carboxylic acids is 1. The van der Waals surface area contributed by atoms with Gasteiger partial charge in [0.15, 0.2) is 5.78 Å². The molecule has 4 rings (SSSR count). The molecule has 0 aromatic carbocycles. The number of aliphatic hydroxyl groups excluding tert-OH is 2. The van der Waals surface area contributed by atoms with Gasteiger partial charge >= 0.3 is 0 Å². The lowest BCUT2D eigenvalue weighted by molar-refractivity contribution is -0.115. The molecular formula is C27H44O3. The maximum absolute atomic E-state index is 13.4. The first-order valence-corrected chi connectivity index (χ1v) is 12.7. The van der Waals surface area contributed by atoms with Crippen LogP contribution in [0.1, 0.15) is 98.8 Å². The van der Waals surface area contributed by atoms with E-state index in [9.17, 15) is 15.0 Å². The first kappa shape index (κ1) is 22.5. The zero-order chi connectivity index (χ0) is 21.8. The molecule has 8 atom stereocenters. The van der Waals surface area contributed by atoms with Crippen LogP contribution in [0, 0.1) is 40.4 Å². The van der Waals surface area contributed by atoms with Crippen molar-refractivity contribution in [3.63, 3.8) is 0 Å². The highest BCUT2D eigenvalue weighted by Crippen LogP contribution is 2.65. The Balaban J connectivity index is 1.59. The summed E-state index contributed by atoms with van der Waals surface area (Å²) in [6, 6.07) is 0. The third-order valence-electron chi connectivity index (χ3n) is 10.2. The van der Waals surface area contributed by atoms with Gasteiger partial charge in [0.2, 0.25) is 0 Å². The summed E-state index contributed by atoms with van der Waals surface area (Å²) in [6.07, 6.45) is 9.76. The Bertz CT molecular complexity index is 709. The first-order valence-electron chi connectivity index (χ1n) is 12.7. The number of ketones is 1. The van der Waals surface area contributed by atoms with Gasteiger partial charge in [-0.15, -0.1) is 0 Å². The normalized spacial score (nSPS) is 43.3. The number of rotatable bonds is 5. The molecule has 0 amide bonds. The summed E-state index contributed by atoms with van der Waals surface area (Å²) in [7, 11) is 0. The second-order valence-corrected chi connectivity index (χ2v) is 12.2. The molecule has 2 N–H and O–H groups in total. The molecule has 0 aromatic heterocycles. The molecule has 0 bridgehead atoms. The molecule has 170 valence electrons. The molecule has 3 nitrogen and oxygen atoms in total. The van der Waals surface area contributed by atoms with Gasteiger partial charge in [-0.05, 0) is 98.2 Å². The van der Waals surface area contributed by atoms with Gasteiger partial charge < -0.3 is 10.2 Å². The minimum atomic E-state index is -0.234. The summed E-state index contributed by atoms with van der Waals surface area (Å²) in [6.45, 7) is 11.3. The molecule has 3 saturated carbocycles. The number of aliphatic hydroxyl groups is 2. The monoisotopic (exact) mass is 416 g/mol. The van der Waals surface area contributed by atoms with Crippen molar-refractivity contribution < 1.29 is 15.0 Å². The molecule has 8 unspecified atom stereocenters. The number of hydrogen-bond donors (Lipinski definition) is 2. The van der Waals surface area contributed by atoms with Crippen LogP contribution in [-0.4, -0.2) is 28.2 Å². The van der Waals surface area contributed by atoms with Crippen molar-refractivity contribution >= 4 is 5.78 Å². The second-order valence-electron chi connectivity index (χ2n) is 12.2. The molecule has 4 aliphatic rings. The number of hydrogen-bond acceptors (Lipinski definition) is 3. The van der Waals surface area contributed by atoms with Crippen molar-refractivity contribution in [2.45, 2.75) is 111 Å². The van der Waals surface area contributed by atoms with Crippen LogP contribution < -0.4 is 0 Å². The maximum Gasteiger partial charge on any atom is 0.159 e. The van der Waals surface area contributed by atoms with Crippen molar-refractivity contribution in [2.75, 3.05) is 0 Å². The van der Waals surface area contributed by atoms with E-state index in [0.29, 0.717) is 41.8 Å². The smallest absolute Gasteiger partial charge is 0.159 e. The van der Waals surface area contributed by atoms with E-state index >= 15 is 0 Å². The Morgan fingerprint density at radius 2 is 1.80 bits per heavy atom. The molecule has 3 heteroatoms. The minimum Gasteiger partial charge on any atom is -0.393 e.